The third-order valence-electron chi connectivity index (χ3n) is 2.12. The van der Waals surface area contributed by atoms with Gasteiger partial charge in [-0.3, -0.25) is 0 Å². The molecule has 2 aromatic rings. The lowest BCUT2D eigenvalue weighted by molar-refractivity contribution is 0.712. The molecular weight excluding hydrogens is 292 g/mol. The summed E-state index contributed by atoms with van der Waals surface area (Å²) >= 11 is 7.06. The molecule has 0 aliphatic heterocycles. The van der Waals surface area contributed by atoms with Gasteiger partial charge < -0.3 is 5.32 Å². The van der Waals surface area contributed by atoms with Gasteiger partial charge in [-0.25, -0.2) is 4.98 Å². The van der Waals surface area contributed by atoms with E-state index in [0.29, 0.717) is 0 Å². The van der Waals surface area contributed by atoms with Crippen LogP contribution in [0.2, 0.25) is 0 Å². The molecule has 2 aromatic heterocycles. The van der Waals surface area contributed by atoms with Crippen molar-refractivity contribution in [2.45, 2.75) is 13.0 Å². The van der Waals surface area contributed by atoms with Crippen LogP contribution in [0.3, 0.4) is 0 Å². The van der Waals surface area contributed by atoms with E-state index in [1.165, 1.54) is 9.75 Å². The summed E-state index contributed by atoms with van der Waals surface area (Å²) in [5, 5.41) is 6.53. The molecular formula is C10H11BrN2S2. The number of rotatable bonds is 3. The Morgan fingerprint density at radius 1 is 1.53 bits per heavy atom. The lowest BCUT2D eigenvalue weighted by Crippen LogP contribution is -2.15. The van der Waals surface area contributed by atoms with Gasteiger partial charge in [0, 0.05) is 20.4 Å². The molecule has 80 valence electrons. The maximum absolute atomic E-state index is 4.29. The third kappa shape index (κ3) is 2.30. The van der Waals surface area contributed by atoms with E-state index >= 15 is 0 Å². The largest absolute Gasteiger partial charge is 0.308 e. The second-order valence-electron chi connectivity index (χ2n) is 3.14. The summed E-state index contributed by atoms with van der Waals surface area (Å²) in [5.41, 5.74) is 0. The lowest BCUT2D eigenvalue weighted by Gasteiger charge is -2.12. The van der Waals surface area contributed by atoms with E-state index in [2.05, 4.69) is 37.7 Å². The normalized spacial score (nSPS) is 13.0. The number of hydrogen-bond donors (Lipinski definition) is 1. The summed E-state index contributed by atoms with van der Waals surface area (Å²) in [6.07, 6.45) is 1.95. The van der Waals surface area contributed by atoms with Crippen molar-refractivity contribution in [2.75, 3.05) is 7.05 Å². The number of aryl methyl sites for hydroxylation is 1. The van der Waals surface area contributed by atoms with Crippen molar-refractivity contribution in [1.29, 1.82) is 0 Å². The zero-order chi connectivity index (χ0) is 10.8. The molecule has 0 aliphatic rings. The molecule has 2 heterocycles. The van der Waals surface area contributed by atoms with Crippen molar-refractivity contribution in [2.24, 2.45) is 0 Å². The summed E-state index contributed by atoms with van der Waals surface area (Å²) in [6, 6.07) is 2.34. The quantitative estimate of drug-likeness (QED) is 0.937. The molecule has 0 fully saturated rings. The van der Waals surface area contributed by atoms with E-state index in [1.807, 2.05) is 20.2 Å². The van der Waals surface area contributed by atoms with Crippen LogP contribution in [-0.2, 0) is 0 Å². The standard InChI is InChI=1S/C10H11BrN2S2/c1-6-13-5-8(15-6)9(12-2)10-7(11)3-4-14-10/h3-5,9,12H,1-2H3. The monoisotopic (exact) mass is 302 g/mol. The molecule has 2 nitrogen and oxygen atoms in total. The summed E-state index contributed by atoms with van der Waals surface area (Å²) in [7, 11) is 1.98. The molecule has 0 spiro atoms. The van der Waals surface area contributed by atoms with E-state index in [1.54, 1.807) is 22.7 Å². The van der Waals surface area contributed by atoms with Crippen LogP contribution in [0.5, 0.6) is 0 Å². The van der Waals surface area contributed by atoms with Crippen molar-refractivity contribution < 1.29 is 0 Å². The summed E-state index contributed by atoms with van der Waals surface area (Å²) in [5.74, 6) is 0. The average Bonchev–Trinajstić information content (AvgIpc) is 2.79. The molecule has 0 bridgehead atoms. The Balaban J connectivity index is 2.36. The molecule has 5 heteroatoms. The van der Waals surface area contributed by atoms with Gasteiger partial charge in [0.25, 0.3) is 0 Å². The van der Waals surface area contributed by atoms with E-state index in [0.717, 1.165) is 9.48 Å². The maximum atomic E-state index is 4.29. The van der Waals surface area contributed by atoms with Crippen molar-refractivity contribution in [1.82, 2.24) is 10.3 Å². The predicted octanol–water partition coefficient (Wildman–Crippen LogP) is 3.58. The zero-order valence-corrected chi connectivity index (χ0v) is 11.7. The number of halogens is 1. The van der Waals surface area contributed by atoms with Crippen LogP contribution in [-0.4, -0.2) is 12.0 Å². The van der Waals surface area contributed by atoms with Crippen molar-refractivity contribution in [3.05, 3.63) is 36.9 Å². The van der Waals surface area contributed by atoms with Gasteiger partial charge in [0.15, 0.2) is 0 Å². The lowest BCUT2D eigenvalue weighted by atomic mass is 10.2. The molecule has 2 rings (SSSR count). The van der Waals surface area contributed by atoms with Crippen LogP contribution in [0.4, 0.5) is 0 Å². The second kappa shape index (κ2) is 4.74. The van der Waals surface area contributed by atoms with E-state index in [9.17, 15) is 0 Å². The number of nitrogens with zero attached hydrogens (tertiary/aromatic N) is 1. The predicted molar refractivity (Wildman–Crippen MR) is 69.8 cm³/mol. The van der Waals surface area contributed by atoms with Gasteiger partial charge in [0.2, 0.25) is 0 Å². The summed E-state index contributed by atoms with van der Waals surface area (Å²) < 4.78 is 1.16. The number of thiazole rings is 1. The number of hydrogen-bond acceptors (Lipinski definition) is 4. The van der Waals surface area contributed by atoms with E-state index < -0.39 is 0 Å². The van der Waals surface area contributed by atoms with Crippen molar-refractivity contribution in [3.8, 4) is 0 Å². The van der Waals surface area contributed by atoms with Crippen LogP contribution < -0.4 is 5.32 Å². The molecule has 1 unspecified atom stereocenters. The summed E-state index contributed by atoms with van der Waals surface area (Å²) in [6.45, 7) is 2.03. The minimum absolute atomic E-state index is 0.255. The Morgan fingerprint density at radius 2 is 2.33 bits per heavy atom. The highest BCUT2D eigenvalue weighted by molar-refractivity contribution is 9.10. The topological polar surface area (TPSA) is 24.9 Å². The SMILES string of the molecule is CNC(c1cnc(C)s1)c1sccc1Br. The fraction of sp³-hybridized carbons (Fsp3) is 0.300. The van der Waals surface area contributed by atoms with Crippen LogP contribution >= 0.6 is 38.6 Å². The van der Waals surface area contributed by atoms with E-state index in [-0.39, 0.29) is 6.04 Å². The maximum Gasteiger partial charge on any atom is 0.0897 e. The minimum Gasteiger partial charge on any atom is -0.308 e. The van der Waals surface area contributed by atoms with Gasteiger partial charge in [0.05, 0.1) is 11.0 Å². The number of thiophene rings is 1. The first-order valence-electron chi connectivity index (χ1n) is 4.55. The van der Waals surface area contributed by atoms with Crippen molar-refractivity contribution >= 4 is 38.6 Å². The van der Waals surface area contributed by atoms with Gasteiger partial charge in [-0.15, -0.1) is 22.7 Å². The highest BCUT2D eigenvalue weighted by atomic mass is 79.9. The Labute approximate surface area is 106 Å². The number of aromatic nitrogens is 1. The van der Waals surface area contributed by atoms with Gasteiger partial charge >= 0.3 is 0 Å². The van der Waals surface area contributed by atoms with Crippen LogP contribution in [0, 0.1) is 6.92 Å². The first-order chi connectivity index (χ1) is 7.22. The highest BCUT2D eigenvalue weighted by Gasteiger charge is 2.18. The van der Waals surface area contributed by atoms with Crippen molar-refractivity contribution in [3.63, 3.8) is 0 Å². The molecule has 0 radical (unpaired) electrons. The first kappa shape index (κ1) is 11.3. The second-order valence-corrected chi connectivity index (χ2v) is 6.20. The van der Waals surface area contributed by atoms with Gasteiger partial charge in [-0.1, -0.05) is 0 Å². The third-order valence-corrected chi connectivity index (χ3v) is 5.03. The number of nitrogens with one attached hydrogen (secondary N) is 1. The molecule has 0 aliphatic carbocycles. The van der Waals surface area contributed by atoms with Crippen LogP contribution in [0.1, 0.15) is 20.8 Å². The van der Waals surface area contributed by atoms with E-state index in [4.69, 9.17) is 0 Å². The molecule has 0 saturated carbocycles. The van der Waals surface area contributed by atoms with Gasteiger partial charge in [-0.05, 0) is 41.3 Å². The Hall–Kier alpha value is -0.230. The molecule has 0 saturated heterocycles. The Morgan fingerprint density at radius 3 is 2.80 bits per heavy atom. The molecule has 1 atom stereocenters. The Kier molecular flexibility index (Phi) is 3.56. The van der Waals surface area contributed by atoms with Crippen LogP contribution in [0.25, 0.3) is 0 Å². The summed E-state index contributed by atoms with van der Waals surface area (Å²) in [4.78, 5) is 6.86. The average molecular weight is 303 g/mol. The highest BCUT2D eigenvalue weighted by Crippen LogP contribution is 2.34. The fourth-order valence-corrected chi connectivity index (χ4v) is 4.13. The molecule has 0 aromatic carbocycles. The van der Waals surface area contributed by atoms with Crippen LogP contribution in [0.15, 0.2) is 22.1 Å². The smallest absolute Gasteiger partial charge is 0.0897 e. The molecule has 1 N–H and O–H groups in total. The molecule has 0 amide bonds. The fourth-order valence-electron chi connectivity index (χ4n) is 1.43. The first-order valence-corrected chi connectivity index (χ1v) is 7.03. The minimum atomic E-state index is 0.255. The van der Waals surface area contributed by atoms with Gasteiger partial charge in [0.1, 0.15) is 0 Å². The van der Waals surface area contributed by atoms with Gasteiger partial charge in [-0.2, -0.15) is 0 Å². The zero-order valence-electron chi connectivity index (χ0n) is 8.45. The molecule has 15 heavy (non-hydrogen) atoms. The Bertz CT molecular complexity index is 450.